The molecule has 0 aliphatic heterocycles. The molecule has 0 unspecified atom stereocenters. The fraction of sp³-hybridized carbons (Fsp3) is 0.222. The minimum Gasteiger partial charge on any atom is -0.478 e. The molecule has 5 heteroatoms. The van der Waals surface area contributed by atoms with E-state index in [4.69, 9.17) is 28.3 Å². The Morgan fingerprint density at radius 2 is 2.07 bits per heavy atom. The molecule has 14 heavy (non-hydrogen) atoms. The van der Waals surface area contributed by atoms with Crippen LogP contribution >= 0.6 is 23.2 Å². The average molecular weight is 237 g/mol. The number of hydrogen-bond donors (Lipinski definition) is 1. The van der Waals surface area contributed by atoms with Gasteiger partial charge in [0, 0.05) is 12.1 Å². The normalized spacial score (nSPS) is 12.8. The number of carbonyl (C=O) groups is 1. The molecule has 0 fully saturated rings. The fourth-order valence-corrected chi connectivity index (χ4v) is 0.903. The maximum Gasteiger partial charge on any atom is 0.335 e. The van der Waals surface area contributed by atoms with Crippen molar-refractivity contribution in [2.24, 2.45) is 0 Å². The molecule has 1 N–H and O–H groups in total. The zero-order valence-electron chi connectivity index (χ0n) is 7.59. The van der Waals surface area contributed by atoms with Gasteiger partial charge >= 0.3 is 5.97 Å². The largest absolute Gasteiger partial charge is 0.478 e. The molecule has 0 rings (SSSR count). The Morgan fingerprint density at radius 1 is 1.50 bits per heavy atom. The molecule has 0 saturated carbocycles. The highest BCUT2D eigenvalue weighted by Crippen LogP contribution is 2.13. The van der Waals surface area contributed by atoms with Crippen LogP contribution in [0.3, 0.4) is 0 Å². The Hall–Kier alpha value is -0.770. The van der Waals surface area contributed by atoms with E-state index in [1.54, 1.807) is 0 Å². The molecular weight excluding hydrogens is 227 g/mol. The van der Waals surface area contributed by atoms with Crippen molar-refractivity contribution in [2.75, 3.05) is 13.7 Å². The predicted molar refractivity (Wildman–Crippen MR) is 56.5 cm³/mol. The van der Waals surface area contributed by atoms with Crippen LogP contribution < -0.4 is 0 Å². The maximum atomic E-state index is 10.7. The van der Waals surface area contributed by atoms with E-state index in [-0.39, 0.29) is 22.2 Å². The van der Waals surface area contributed by atoms with Gasteiger partial charge in [-0.25, -0.2) is 4.79 Å². The molecule has 0 amide bonds. The van der Waals surface area contributed by atoms with Crippen LogP contribution in [0.25, 0.3) is 0 Å². The van der Waals surface area contributed by atoms with E-state index >= 15 is 0 Å². The summed E-state index contributed by atoms with van der Waals surface area (Å²) in [5, 5.41) is 9.07. The smallest absolute Gasteiger partial charge is 0.335 e. The van der Waals surface area contributed by atoms with Crippen LogP contribution in [-0.4, -0.2) is 24.8 Å². The second kappa shape index (κ2) is 6.65. The molecular formula is C9H10Cl2O3. The van der Waals surface area contributed by atoms with Gasteiger partial charge in [-0.05, 0) is 12.2 Å². The van der Waals surface area contributed by atoms with Gasteiger partial charge in [-0.15, -0.1) is 0 Å². The lowest BCUT2D eigenvalue weighted by atomic mass is 10.2. The lowest BCUT2D eigenvalue weighted by Gasteiger charge is -2.01. The molecule has 0 heterocycles. The van der Waals surface area contributed by atoms with Gasteiger partial charge in [0.15, 0.2) is 0 Å². The summed E-state index contributed by atoms with van der Waals surface area (Å²) >= 11 is 11.1. The number of hydrogen-bond acceptors (Lipinski definition) is 2. The summed E-state index contributed by atoms with van der Waals surface area (Å²) in [6, 6.07) is 0. The number of aliphatic carboxylic acids is 1. The number of carboxylic acid groups (broad SMARTS) is 1. The van der Waals surface area contributed by atoms with E-state index < -0.39 is 5.97 Å². The molecule has 0 aromatic rings. The number of allylic oxidation sites excluding steroid dienone is 4. The first-order valence-corrected chi connectivity index (χ1v) is 4.38. The van der Waals surface area contributed by atoms with E-state index in [9.17, 15) is 4.79 Å². The first kappa shape index (κ1) is 13.2. The van der Waals surface area contributed by atoms with E-state index in [1.165, 1.54) is 19.3 Å². The van der Waals surface area contributed by atoms with E-state index in [2.05, 4.69) is 11.3 Å². The van der Waals surface area contributed by atoms with E-state index in [1.807, 2.05) is 0 Å². The van der Waals surface area contributed by atoms with Gasteiger partial charge in [0.1, 0.15) is 0 Å². The lowest BCUT2D eigenvalue weighted by molar-refractivity contribution is -0.133. The third kappa shape index (κ3) is 5.07. The third-order valence-corrected chi connectivity index (χ3v) is 1.73. The van der Waals surface area contributed by atoms with Crippen molar-refractivity contribution in [1.29, 1.82) is 0 Å². The third-order valence-electron chi connectivity index (χ3n) is 1.25. The molecule has 78 valence electrons. The van der Waals surface area contributed by atoms with Crippen molar-refractivity contribution in [2.45, 2.75) is 0 Å². The molecule has 0 aliphatic rings. The topological polar surface area (TPSA) is 46.5 Å². The van der Waals surface area contributed by atoms with Gasteiger partial charge in [0.2, 0.25) is 0 Å². The monoisotopic (exact) mass is 236 g/mol. The molecule has 0 bridgehead atoms. The maximum absolute atomic E-state index is 10.7. The summed E-state index contributed by atoms with van der Waals surface area (Å²) in [6.45, 7) is 3.33. The quantitative estimate of drug-likeness (QED) is 0.590. The molecule has 0 aliphatic carbocycles. The predicted octanol–water partition coefficient (Wildman–Crippen LogP) is 2.52. The second-order valence-corrected chi connectivity index (χ2v) is 3.24. The highest BCUT2D eigenvalue weighted by molar-refractivity contribution is 6.34. The number of carboxylic acids is 1. The van der Waals surface area contributed by atoms with Crippen LogP contribution in [0.2, 0.25) is 0 Å². The van der Waals surface area contributed by atoms with Gasteiger partial charge in [-0.1, -0.05) is 29.8 Å². The Balaban J connectivity index is 4.80. The number of ether oxygens (including phenoxy) is 1. The zero-order valence-corrected chi connectivity index (χ0v) is 9.10. The Morgan fingerprint density at radius 3 is 2.43 bits per heavy atom. The number of halogens is 2. The van der Waals surface area contributed by atoms with E-state index in [0.717, 1.165) is 0 Å². The van der Waals surface area contributed by atoms with Crippen molar-refractivity contribution in [3.63, 3.8) is 0 Å². The summed E-state index contributed by atoms with van der Waals surface area (Å²) in [5.41, 5.74) is -0.0247. The molecule has 0 atom stereocenters. The summed E-state index contributed by atoms with van der Waals surface area (Å²) in [6.07, 6.45) is 2.77. The van der Waals surface area contributed by atoms with Crippen LogP contribution in [0, 0.1) is 0 Å². The molecule has 3 nitrogen and oxygen atoms in total. The minimum atomic E-state index is -1.12. The standard InChI is InChI=1S/C9H10Cl2O3/c1-6(10)3-4-8(11)7(5-14-2)9(12)13/h3-4H,1,5H2,2H3,(H,12,13)/b4-3-,8-7-. The van der Waals surface area contributed by atoms with Crippen LogP contribution in [0.5, 0.6) is 0 Å². The molecule has 0 radical (unpaired) electrons. The molecule has 0 aromatic carbocycles. The summed E-state index contributed by atoms with van der Waals surface area (Å²) in [4.78, 5) is 10.7. The van der Waals surface area contributed by atoms with Gasteiger partial charge in [0.05, 0.1) is 17.2 Å². The highest BCUT2D eigenvalue weighted by Gasteiger charge is 2.10. The summed E-state index contributed by atoms with van der Waals surface area (Å²) in [5.74, 6) is -1.12. The SMILES string of the molecule is C=C(Cl)/C=C\C(Cl)=C(/COC)C(=O)O. The minimum absolute atomic E-state index is 0.0247. The Kier molecular flexibility index (Phi) is 6.28. The Labute approximate surface area is 92.3 Å². The molecule has 0 aromatic heterocycles. The number of rotatable bonds is 5. The Bertz CT molecular complexity index is 292. The first-order valence-electron chi connectivity index (χ1n) is 3.62. The van der Waals surface area contributed by atoms with Gasteiger partial charge < -0.3 is 9.84 Å². The van der Waals surface area contributed by atoms with Gasteiger partial charge in [0.25, 0.3) is 0 Å². The van der Waals surface area contributed by atoms with Crippen molar-refractivity contribution in [1.82, 2.24) is 0 Å². The van der Waals surface area contributed by atoms with Crippen molar-refractivity contribution in [3.05, 3.63) is 34.4 Å². The van der Waals surface area contributed by atoms with Crippen molar-refractivity contribution < 1.29 is 14.6 Å². The highest BCUT2D eigenvalue weighted by atomic mass is 35.5. The lowest BCUT2D eigenvalue weighted by Crippen LogP contribution is -2.07. The fourth-order valence-electron chi connectivity index (χ4n) is 0.641. The van der Waals surface area contributed by atoms with Crippen LogP contribution in [-0.2, 0) is 9.53 Å². The number of methoxy groups -OCH3 is 1. The van der Waals surface area contributed by atoms with Crippen LogP contribution in [0.4, 0.5) is 0 Å². The summed E-state index contributed by atoms with van der Waals surface area (Å²) < 4.78 is 4.68. The van der Waals surface area contributed by atoms with E-state index in [0.29, 0.717) is 0 Å². The van der Waals surface area contributed by atoms with Crippen LogP contribution in [0.1, 0.15) is 0 Å². The average Bonchev–Trinajstić information content (AvgIpc) is 2.09. The zero-order chi connectivity index (χ0) is 11.1. The molecule has 0 saturated heterocycles. The second-order valence-electron chi connectivity index (χ2n) is 2.34. The van der Waals surface area contributed by atoms with Crippen molar-refractivity contribution in [3.8, 4) is 0 Å². The van der Waals surface area contributed by atoms with Crippen LogP contribution in [0.15, 0.2) is 34.4 Å². The first-order chi connectivity index (χ1) is 6.49. The summed E-state index contributed by atoms with van der Waals surface area (Å²) in [7, 11) is 1.39. The molecule has 0 spiro atoms. The van der Waals surface area contributed by atoms with Gasteiger partial charge in [-0.3, -0.25) is 0 Å². The van der Waals surface area contributed by atoms with Gasteiger partial charge in [-0.2, -0.15) is 0 Å². The van der Waals surface area contributed by atoms with Crippen molar-refractivity contribution >= 4 is 29.2 Å².